The van der Waals surface area contributed by atoms with Crippen LogP contribution in [0.2, 0.25) is 0 Å². The van der Waals surface area contributed by atoms with Gasteiger partial charge in [0.25, 0.3) is 0 Å². The second kappa shape index (κ2) is 7.97. The lowest BCUT2D eigenvalue weighted by Gasteiger charge is -2.25. The number of carbonyl (C=O) groups excluding carboxylic acids is 1. The normalized spacial score (nSPS) is 12.4. The van der Waals surface area contributed by atoms with Crippen molar-refractivity contribution in [3.63, 3.8) is 0 Å². The molecule has 33 heavy (non-hydrogen) atoms. The molecule has 0 aromatic heterocycles. The van der Waals surface area contributed by atoms with Crippen LogP contribution >= 0.6 is 0 Å². The van der Waals surface area contributed by atoms with Crippen LogP contribution in [0, 0.1) is 6.92 Å². The fourth-order valence-corrected chi connectivity index (χ4v) is 4.95. The Labute approximate surface area is 196 Å². The molecule has 4 aromatic rings. The minimum absolute atomic E-state index is 0.0116. The second-order valence-electron chi connectivity index (χ2n) is 8.98. The molecule has 4 heteroatoms. The van der Waals surface area contributed by atoms with Crippen LogP contribution in [0.1, 0.15) is 43.7 Å². The molecule has 0 unspecified atom stereocenters. The monoisotopic (exact) mass is 426 g/mol. The number of phenols is 1. The molecule has 0 bridgehead atoms. The molecule has 4 aromatic carbocycles. The number of hydrogen-bond donors (Lipinski definition) is 1. The molecule has 158 valence electrons. The number of aryl methyl sites for hydroxylation is 1. The van der Waals surface area contributed by atoms with E-state index in [1.807, 2.05) is 24.3 Å². The Bertz CT molecular complexity index is 1430. The van der Waals surface area contributed by atoms with Gasteiger partial charge < -0.3 is 5.11 Å². The Morgan fingerprint density at radius 1 is 0.818 bits per heavy atom. The molecular weight excluding hydrogens is 402 g/mol. The number of carbonyl (C=O) groups is 1. The third-order valence-corrected chi connectivity index (χ3v) is 6.74. The topological polar surface area (TPSA) is 37.3 Å². The molecule has 0 heterocycles. The van der Waals surface area contributed by atoms with Gasteiger partial charge >= 0.3 is 0 Å². The summed E-state index contributed by atoms with van der Waals surface area (Å²) in [5.74, 6) is -0.131. The van der Waals surface area contributed by atoms with E-state index in [0.717, 1.165) is 22.3 Å². The summed E-state index contributed by atoms with van der Waals surface area (Å²) < 4.78 is 0. The highest BCUT2D eigenvalue weighted by Gasteiger charge is 2.30. The van der Waals surface area contributed by atoms with E-state index in [-0.39, 0.29) is 11.5 Å². The van der Waals surface area contributed by atoms with E-state index in [9.17, 15) is 9.90 Å². The van der Waals surface area contributed by atoms with Gasteiger partial charge in [0.2, 0.25) is 0 Å². The van der Waals surface area contributed by atoms with E-state index < -0.39 is 0 Å². The predicted molar refractivity (Wildman–Crippen MR) is 142 cm³/mol. The maximum absolute atomic E-state index is 13.2. The molecule has 2 nitrogen and oxygen atoms in total. The molecule has 5 rings (SSSR count). The van der Waals surface area contributed by atoms with Crippen LogP contribution in [-0.4, -0.2) is 26.6 Å². The third-order valence-electron chi connectivity index (χ3n) is 6.74. The van der Waals surface area contributed by atoms with Crippen LogP contribution in [-0.2, 0) is 6.42 Å². The average Bonchev–Trinajstić information content (AvgIpc) is 2.81. The van der Waals surface area contributed by atoms with Crippen LogP contribution in [0.4, 0.5) is 0 Å². The summed E-state index contributed by atoms with van der Waals surface area (Å²) in [7, 11) is 4.28. The van der Waals surface area contributed by atoms with Crippen molar-refractivity contribution in [2.24, 2.45) is 0 Å². The summed E-state index contributed by atoms with van der Waals surface area (Å²) in [5, 5.41) is 10.6. The number of ketones is 1. The Morgan fingerprint density at radius 3 is 2.12 bits per heavy atom. The van der Waals surface area contributed by atoms with E-state index >= 15 is 0 Å². The minimum atomic E-state index is -0.143. The highest BCUT2D eigenvalue weighted by Crippen LogP contribution is 2.41. The molecule has 0 saturated heterocycles. The minimum Gasteiger partial charge on any atom is -0.507 e. The van der Waals surface area contributed by atoms with Gasteiger partial charge in [-0.2, -0.15) is 0 Å². The highest BCUT2D eigenvalue weighted by atomic mass is 16.3. The number of rotatable bonds is 3. The molecule has 1 aliphatic rings. The number of aromatic hydroxyl groups is 1. The lowest BCUT2D eigenvalue weighted by Crippen LogP contribution is -2.25. The fourth-order valence-electron chi connectivity index (χ4n) is 4.95. The maximum Gasteiger partial charge on any atom is 0.198 e. The number of phenolic OH excluding ortho intramolecular Hbond substituents is 1. The van der Waals surface area contributed by atoms with Gasteiger partial charge in [-0.1, -0.05) is 95.4 Å². The Hall–Kier alpha value is -3.78. The van der Waals surface area contributed by atoms with E-state index in [1.54, 1.807) is 12.1 Å². The lowest BCUT2D eigenvalue weighted by molar-refractivity contribution is 0.103. The number of benzene rings is 4. The van der Waals surface area contributed by atoms with Gasteiger partial charge in [0.1, 0.15) is 21.4 Å². The van der Waals surface area contributed by atoms with Crippen molar-refractivity contribution in [1.82, 2.24) is 0 Å². The first-order chi connectivity index (χ1) is 15.8. The Balaban J connectivity index is 1.59. The van der Waals surface area contributed by atoms with Crippen LogP contribution in [0.3, 0.4) is 0 Å². The quantitative estimate of drug-likeness (QED) is 0.451. The first-order valence-electron chi connectivity index (χ1n) is 11.2. The summed E-state index contributed by atoms with van der Waals surface area (Å²) >= 11 is 0. The standard InChI is InChI=1S/C29H24B2O2/c1-16-7-9-18(10-8-16)20-14-24(30)23(25(31)15-20)13-19-11-12-26(32)28-27(19)17(2)21-5-3-4-6-22(21)29(28)33/h3-12,14-15,32H,2,13,30-31H2,1H3. The average molecular weight is 426 g/mol. The largest absolute Gasteiger partial charge is 0.507 e. The molecule has 0 aliphatic heterocycles. The lowest BCUT2D eigenvalue weighted by atomic mass is 9.74. The first-order valence-corrected chi connectivity index (χ1v) is 11.2. The van der Waals surface area contributed by atoms with Gasteiger partial charge in [-0.25, -0.2) is 0 Å². The van der Waals surface area contributed by atoms with Gasteiger partial charge in [-0.3, -0.25) is 4.79 Å². The molecule has 0 radical (unpaired) electrons. The van der Waals surface area contributed by atoms with Crippen molar-refractivity contribution < 1.29 is 9.90 Å². The van der Waals surface area contributed by atoms with E-state index in [2.05, 4.69) is 65.6 Å². The third kappa shape index (κ3) is 3.52. The van der Waals surface area contributed by atoms with Crippen LogP contribution in [0.15, 0.2) is 79.4 Å². The second-order valence-corrected chi connectivity index (χ2v) is 8.98. The van der Waals surface area contributed by atoms with Crippen molar-refractivity contribution in [1.29, 1.82) is 0 Å². The van der Waals surface area contributed by atoms with Crippen molar-refractivity contribution in [3.8, 4) is 16.9 Å². The maximum atomic E-state index is 13.2. The van der Waals surface area contributed by atoms with Crippen molar-refractivity contribution in [2.45, 2.75) is 13.3 Å². The predicted octanol–water partition coefficient (Wildman–Crippen LogP) is 3.08. The van der Waals surface area contributed by atoms with Crippen LogP contribution in [0.25, 0.3) is 16.7 Å². The molecular formula is C29H24B2O2. The van der Waals surface area contributed by atoms with Gasteiger partial charge in [0, 0.05) is 11.1 Å². The molecule has 0 fully saturated rings. The summed E-state index contributed by atoms with van der Waals surface area (Å²) in [6, 6.07) is 24.1. The summed E-state index contributed by atoms with van der Waals surface area (Å²) in [4.78, 5) is 13.2. The van der Waals surface area contributed by atoms with E-state index in [4.69, 9.17) is 0 Å². The SMILES string of the molecule is Bc1cc(-c2ccc(C)cc2)cc(B)c1Cc1ccc(O)c2c1C(=C)c1ccccc1C2=O. The van der Waals surface area contributed by atoms with Crippen molar-refractivity contribution in [2.75, 3.05) is 0 Å². The molecule has 0 atom stereocenters. The zero-order valence-electron chi connectivity index (χ0n) is 19.2. The summed E-state index contributed by atoms with van der Waals surface area (Å²) in [6.45, 7) is 6.41. The van der Waals surface area contributed by atoms with Crippen LogP contribution < -0.4 is 10.9 Å². The number of fused-ring (bicyclic) bond motifs is 2. The van der Waals surface area contributed by atoms with Crippen molar-refractivity contribution >= 4 is 38.0 Å². The fraction of sp³-hybridized carbons (Fsp3) is 0.0690. The van der Waals surface area contributed by atoms with Gasteiger partial charge in [-0.15, -0.1) is 0 Å². The number of hydrogen-bond acceptors (Lipinski definition) is 2. The van der Waals surface area contributed by atoms with Gasteiger partial charge in [-0.05, 0) is 47.2 Å². The van der Waals surface area contributed by atoms with E-state index in [1.165, 1.54) is 33.2 Å². The van der Waals surface area contributed by atoms with Gasteiger partial charge in [0.05, 0.1) is 5.56 Å². The molecule has 0 spiro atoms. The summed E-state index contributed by atoms with van der Waals surface area (Å²) in [6.07, 6.45) is 0.670. The Kier molecular flexibility index (Phi) is 5.09. The van der Waals surface area contributed by atoms with Crippen molar-refractivity contribution in [3.05, 3.63) is 118 Å². The Morgan fingerprint density at radius 2 is 1.45 bits per heavy atom. The molecule has 1 N–H and O–H groups in total. The van der Waals surface area contributed by atoms with Gasteiger partial charge in [0.15, 0.2) is 5.78 Å². The smallest absolute Gasteiger partial charge is 0.198 e. The zero-order valence-corrected chi connectivity index (χ0v) is 19.2. The highest BCUT2D eigenvalue weighted by molar-refractivity contribution is 6.40. The van der Waals surface area contributed by atoms with E-state index in [0.29, 0.717) is 17.5 Å². The zero-order chi connectivity index (χ0) is 23.3. The summed E-state index contributed by atoms with van der Waals surface area (Å²) in [5.41, 5.74) is 11.7. The van der Waals surface area contributed by atoms with Crippen LogP contribution in [0.5, 0.6) is 5.75 Å². The first kappa shape index (κ1) is 21.1. The molecule has 0 amide bonds. The molecule has 0 saturated carbocycles. The molecule has 1 aliphatic carbocycles.